The van der Waals surface area contributed by atoms with Crippen molar-refractivity contribution in [3.05, 3.63) is 82.5 Å². The van der Waals surface area contributed by atoms with E-state index in [1.807, 2.05) is 61.5 Å². The molecule has 5 aromatic rings. The molecule has 0 aliphatic heterocycles. The number of rotatable bonds is 4. The number of benzene rings is 2. The van der Waals surface area contributed by atoms with Gasteiger partial charge in [-0.25, -0.2) is 5.10 Å². The number of thiol groups is 1. The molecule has 3 heterocycles. The molecule has 0 saturated carbocycles. The molecule has 1 N–H and O–H groups in total. The number of nitrogens with zero attached hydrogens (tertiary/aromatic N) is 4. The van der Waals surface area contributed by atoms with Crippen molar-refractivity contribution in [2.45, 2.75) is 18.4 Å². The van der Waals surface area contributed by atoms with Crippen molar-refractivity contribution in [3.8, 4) is 17.0 Å². The van der Waals surface area contributed by atoms with Gasteiger partial charge >= 0.3 is 5.78 Å². The molecule has 0 fully saturated rings. The molecule has 8 heteroatoms. The number of aryl methyl sites for hydroxylation is 1. The molecule has 0 bridgehead atoms. The number of methoxy groups -OCH3 is 1. The van der Waals surface area contributed by atoms with Crippen molar-refractivity contribution in [3.63, 3.8) is 0 Å². The predicted molar refractivity (Wildman–Crippen MR) is 121 cm³/mol. The molecule has 0 radical (unpaired) electrons. The zero-order chi connectivity index (χ0) is 21.5. The third kappa shape index (κ3) is 3.25. The van der Waals surface area contributed by atoms with Crippen LogP contribution >= 0.6 is 12.6 Å². The van der Waals surface area contributed by atoms with Crippen LogP contribution in [0.4, 0.5) is 0 Å². The van der Waals surface area contributed by atoms with Gasteiger partial charge in [-0.2, -0.15) is 0 Å². The molecule has 0 saturated heterocycles. The van der Waals surface area contributed by atoms with Crippen LogP contribution in [0.1, 0.15) is 11.4 Å². The number of aromatic nitrogens is 5. The minimum Gasteiger partial charge on any atom is -0.496 e. The highest BCUT2D eigenvalue weighted by Gasteiger charge is 2.25. The molecule has 154 valence electrons. The Morgan fingerprint density at radius 2 is 1.87 bits per heavy atom. The number of para-hydroxylation sites is 1. The molecule has 0 aliphatic carbocycles. The van der Waals surface area contributed by atoms with Crippen LogP contribution in [0.2, 0.25) is 0 Å². The minimum absolute atomic E-state index is 0.149. The Kier molecular flexibility index (Phi) is 4.71. The lowest BCUT2D eigenvalue weighted by Crippen LogP contribution is -2.32. The topological polar surface area (TPSA) is 76.9 Å². The van der Waals surface area contributed by atoms with Gasteiger partial charge in [-0.3, -0.25) is 4.79 Å². The number of aromatic amines is 1. The van der Waals surface area contributed by atoms with Crippen LogP contribution in [-0.4, -0.2) is 26.7 Å². The quantitative estimate of drug-likeness (QED) is 0.339. The van der Waals surface area contributed by atoms with Crippen LogP contribution in [0.3, 0.4) is 0 Å². The second kappa shape index (κ2) is 7.55. The summed E-state index contributed by atoms with van der Waals surface area (Å²) < 4.78 is 9.02. The molecule has 0 atom stereocenters. The summed E-state index contributed by atoms with van der Waals surface area (Å²) in [5.74, 6) is 1.85. The van der Waals surface area contributed by atoms with Crippen LogP contribution < -0.4 is 14.8 Å². The van der Waals surface area contributed by atoms with Gasteiger partial charge in [-0.1, -0.05) is 40.3 Å². The maximum atomic E-state index is 13.7. The average Bonchev–Trinajstić information content (AvgIpc) is 3.15. The molecular weight excluding hydrogens is 410 g/mol. The van der Waals surface area contributed by atoms with Gasteiger partial charge in [0, 0.05) is 18.0 Å². The number of fused-ring (bicyclic) bond motifs is 2. The van der Waals surface area contributed by atoms with E-state index < -0.39 is 0 Å². The van der Waals surface area contributed by atoms with Crippen LogP contribution in [0, 0.1) is 6.92 Å². The lowest BCUT2D eigenvalue weighted by Gasteiger charge is -2.11. The first-order valence-electron chi connectivity index (χ1n) is 9.78. The van der Waals surface area contributed by atoms with Crippen LogP contribution in [0.25, 0.3) is 27.9 Å². The van der Waals surface area contributed by atoms with Gasteiger partial charge in [0.05, 0.1) is 19.2 Å². The fourth-order valence-corrected chi connectivity index (χ4v) is 4.05. The number of hydrogen-bond donors (Lipinski definition) is 2. The number of hydrogen-bond acceptors (Lipinski definition) is 5. The van der Waals surface area contributed by atoms with Crippen LogP contribution in [0.15, 0.2) is 70.5 Å². The standard InChI is InChI=1S/C23H19N5O2S/c1-14-24-23-25-17-11-12-27(13-15-7-3-6-10-19(15)31)22(29)20(17)21(28(23)26-14)16-8-4-5-9-18(16)30-2/h3-12,31H,13H2,1-2H3/p+1. The SMILES string of the molecule is COc1ccccc1-c1c2c(=O)n(Cc3ccccc3S)ccc2nc2nc(C)[nH][n+]12. The van der Waals surface area contributed by atoms with Gasteiger partial charge in [0.2, 0.25) is 5.82 Å². The lowest BCUT2D eigenvalue weighted by molar-refractivity contribution is -0.567. The second-order valence-corrected chi connectivity index (χ2v) is 7.72. The third-order valence-electron chi connectivity index (χ3n) is 5.26. The fourth-order valence-electron chi connectivity index (χ4n) is 3.82. The molecule has 31 heavy (non-hydrogen) atoms. The van der Waals surface area contributed by atoms with Gasteiger partial charge in [-0.05, 0) is 29.8 Å². The first kappa shape index (κ1) is 19.3. The lowest BCUT2D eigenvalue weighted by atomic mass is 10.1. The summed E-state index contributed by atoms with van der Waals surface area (Å²) in [6, 6.07) is 17.2. The Labute approximate surface area is 183 Å². The molecule has 0 aliphatic rings. The largest absolute Gasteiger partial charge is 0.496 e. The maximum Gasteiger partial charge on any atom is 0.458 e. The van der Waals surface area contributed by atoms with E-state index >= 15 is 0 Å². The Morgan fingerprint density at radius 1 is 1.10 bits per heavy atom. The summed E-state index contributed by atoms with van der Waals surface area (Å²) in [4.78, 5) is 23.6. The molecule has 7 nitrogen and oxygen atoms in total. The summed E-state index contributed by atoms with van der Waals surface area (Å²) in [6.45, 7) is 2.26. The van der Waals surface area contributed by atoms with Crippen molar-refractivity contribution < 1.29 is 9.25 Å². The Hall–Kier alpha value is -3.65. The first-order valence-corrected chi connectivity index (χ1v) is 10.2. The molecule has 0 unspecified atom stereocenters. The van der Waals surface area contributed by atoms with E-state index in [0.29, 0.717) is 40.5 Å². The number of ether oxygens (including phenoxy) is 1. The molecule has 3 aromatic heterocycles. The van der Waals surface area contributed by atoms with Gasteiger partial charge in [0.15, 0.2) is 11.2 Å². The number of pyridine rings is 1. The maximum absolute atomic E-state index is 13.7. The van der Waals surface area contributed by atoms with E-state index in [4.69, 9.17) is 4.74 Å². The first-order chi connectivity index (χ1) is 15.1. The zero-order valence-corrected chi connectivity index (χ0v) is 17.9. The van der Waals surface area contributed by atoms with Crippen molar-refractivity contribution in [2.24, 2.45) is 0 Å². The normalized spacial score (nSPS) is 11.3. The summed E-state index contributed by atoms with van der Waals surface area (Å²) in [5, 5.41) is 3.69. The van der Waals surface area contributed by atoms with Crippen molar-refractivity contribution in [1.29, 1.82) is 0 Å². The van der Waals surface area contributed by atoms with E-state index in [1.165, 1.54) is 0 Å². The molecule has 0 spiro atoms. The highest BCUT2D eigenvalue weighted by atomic mass is 32.1. The molecule has 5 rings (SSSR count). The van der Waals surface area contributed by atoms with E-state index in [2.05, 4.69) is 27.7 Å². The summed E-state index contributed by atoms with van der Waals surface area (Å²) in [6.07, 6.45) is 1.76. The van der Waals surface area contributed by atoms with Crippen LogP contribution in [-0.2, 0) is 6.54 Å². The van der Waals surface area contributed by atoms with E-state index in [1.54, 1.807) is 22.4 Å². The molecular formula is C23H20N5O2S+. The van der Waals surface area contributed by atoms with Gasteiger partial charge in [-0.15, -0.1) is 17.1 Å². The van der Waals surface area contributed by atoms with Crippen molar-refractivity contribution >= 4 is 29.3 Å². The Bertz CT molecular complexity index is 1510. The van der Waals surface area contributed by atoms with Gasteiger partial charge in [0.1, 0.15) is 11.1 Å². The summed E-state index contributed by atoms with van der Waals surface area (Å²) in [7, 11) is 1.62. The number of nitrogens with one attached hydrogen (secondary N) is 1. The van der Waals surface area contributed by atoms with E-state index in [-0.39, 0.29) is 5.56 Å². The molecule has 2 aromatic carbocycles. The van der Waals surface area contributed by atoms with Gasteiger partial charge in [0.25, 0.3) is 5.56 Å². The zero-order valence-electron chi connectivity index (χ0n) is 17.0. The average molecular weight is 431 g/mol. The highest BCUT2D eigenvalue weighted by molar-refractivity contribution is 7.80. The van der Waals surface area contributed by atoms with Crippen molar-refractivity contribution in [2.75, 3.05) is 7.11 Å². The fraction of sp³-hybridized carbons (Fsp3) is 0.130. The number of H-pyrrole nitrogens is 1. The van der Waals surface area contributed by atoms with E-state index in [0.717, 1.165) is 16.0 Å². The smallest absolute Gasteiger partial charge is 0.458 e. The van der Waals surface area contributed by atoms with Gasteiger partial charge < -0.3 is 9.30 Å². The molecule has 0 amide bonds. The minimum atomic E-state index is -0.149. The summed E-state index contributed by atoms with van der Waals surface area (Å²) in [5.41, 5.74) is 2.83. The second-order valence-electron chi connectivity index (χ2n) is 7.24. The highest BCUT2D eigenvalue weighted by Crippen LogP contribution is 2.30. The van der Waals surface area contributed by atoms with Crippen molar-refractivity contribution in [1.82, 2.24) is 19.6 Å². The monoisotopic (exact) mass is 430 g/mol. The van der Waals surface area contributed by atoms with Crippen LogP contribution in [0.5, 0.6) is 5.75 Å². The third-order valence-corrected chi connectivity index (χ3v) is 5.70. The summed E-state index contributed by atoms with van der Waals surface area (Å²) >= 11 is 4.53. The Morgan fingerprint density at radius 3 is 2.68 bits per heavy atom. The van der Waals surface area contributed by atoms with E-state index in [9.17, 15) is 4.79 Å². The predicted octanol–water partition coefficient (Wildman–Crippen LogP) is 3.18. The Balaban J connectivity index is 1.85.